The number of methoxy groups -OCH3 is 1. The van der Waals surface area contributed by atoms with E-state index in [1.165, 1.54) is 7.11 Å². The van der Waals surface area contributed by atoms with Crippen molar-refractivity contribution in [3.05, 3.63) is 0 Å². The average molecular weight is 259 g/mol. The molecular weight excluding hydrogens is 242 g/mol. The molecule has 2 rings (SSSR count). The molecule has 2 heterocycles. The molecule has 96 valence electrons. The van der Waals surface area contributed by atoms with Crippen molar-refractivity contribution in [3.63, 3.8) is 0 Å². The van der Waals surface area contributed by atoms with Gasteiger partial charge in [-0.05, 0) is 13.8 Å². The van der Waals surface area contributed by atoms with E-state index in [-0.39, 0.29) is 18.2 Å². The SMILES string of the molecule is COC(=O)CCN1C[C@H]2OC(C)(C)O[C@H]2C1=S. The minimum absolute atomic E-state index is 0.0184. The first-order chi connectivity index (χ1) is 7.93. The highest BCUT2D eigenvalue weighted by Gasteiger charge is 2.49. The monoisotopic (exact) mass is 259 g/mol. The summed E-state index contributed by atoms with van der Waals surface area (Å²) < 4.78 is 16.1. The zero-order chi connectivity index (χ0) is 12.6. The van der Waals surface area contributed by atoms with Crippen LogP contribution < -0.4 is 0 Å². The van der Waals surface area contributed by atoms with Gasteiger partial charge in [-0.25, -0.2) is 0 Å². The molecule has 0 amide bonds. The Bertz CT molecular complexity index is 344. The Morgan fingerprint density at radius 2 is 2.29 bits per heavy atom. The topological polar surface area (TPSA) is 48.0 Å². The zero-order valence-corrected chi connectivity index (χ0v) is 11.1. The highest BCUT2D eigenvalue weighted by Crippen LogP contribution is 2.34. The van der Waals surface area contributed by atoms with E-state index in [1.54, 1.807) is 0 Å². The van der Waals surface area contributed by atoms with Gasteiger partial charge >= 0.3 is 5.97 Å². The second-order valence-electron chi connectivity index (χ2n) is 4.70. The van der Waals surface area contributed by atoms with Crippen LogP contribution in [0.4, 0.5) is 0 Å². The zero-order valence-electron chi connectivity index (χ0n) is 10.3. The van der Waals surface area contributed by atoms with Gasteiger partial charge in [0.05, 0.1) is 13.5 Å². The number of nitrogens with zero attached hydrogens (tertiary/aromatic N) is 1. The lowest BCUT2D eigenvalue weighted by atomic mass is 10.3. The molecule has 0 bridgehead atoms. The van der Waals surface area contributed by atoms with Gasteiger partial charge in [-0.2, -0.15) is 0 Å². The van der Waals surface area contributed by atoms with Crippen molar-refractivity contribution in [2.24, 2.45) is 0 Å². The lowest BCUT2D eigenvalue weighted by molar-refractivity contribution is -0.147. The van der Waals surface area contributed by atoms with E-state index < -0.39 is 5.79 Å². The molecule has 17 heavy (non-hydrogen) atoms. The first-order valence-electron chi connectivity index (χ1n) is 5.64. The molecule has 2 aliphatic rings. The molecule has 0 unspecified atom stereocenters. The molecule has 0 spiro atoms. The molecule has 0 saturated carbocycles. The van der Waals surface area contributed by atoms with Gasteiger partial charge in [0.1, 0.15) is 17.2 Å². The highest BCUT2D eigenvalue weighted by molar-refractivity contribution is 7.80. The number of carbonyl (C=O) groups is 1. The van der Waals surface area contributed by atoms with Crippen molar-refractivity contribution in [2.75, 3.05) is 20.2 Å². The Labute approximate surface area is 106 Å². The maximum Gasteiger partial charge on any atom is 0.307 e. The third-order valence-corrected chi connectivity index (χ3v) is 3.44. The van der Waals surface area contributed by atoms with Crippen LogP contribution in [0.1, 0.15) is 20.3 Å². The summed E-state index contributed by atoms with van der Waals surface area (Å²) in [6.07, 6.45) is 0.159. The summed E-state index contributed by atoms with van der Waals surface area (Å²) in [7, 11) is 1.38. The molecule has 0 aromatic heterocycles. The van der Waals surface area contributed by atoms with Gasteiger partial charge in [-0.15, -0.1) is 0 Å². The maximum atomic E-state index is 11.1. The largest absolute Gasteiger partial charge is 0.469 e. The molecule has 0 aliphatic carbocycles. The van der Waals surface area contributed by atoms with Crippen molar-refractivity contribution in [3.8, 4) is 0 Å². The van der Waals surface area contributed by atoms with Crippen LogP contribution in [-0.4, -0.2) is 54.1 Å². The van der Waals surface area contributed by atoms with Crippen molar-refractivity contribution in [1.29, 1.82) is 0 Å². The Hall–Kier alpha value is -0.720. The fourth-order valence-corrected chi connectivity index (χ4v) is 2.56. The maximum absolute atomic E-state index is 11.1. The molecule has 2 saturated heterocycles. The second-order valence-corrected chi connectivity index (χ2v) is 5.12. The van der Waals surface area contributed by atoms with Crippen LogP contribution in [0.15, 0.2) is 0 Å². The number of thiocarbonyl (C=S) groups is 1. The van der Waals surface area contributed by atoms with Crippen LogP contribution in [0.3, 0.4) is 0 Å². The number of carbonyl (C=O) groups excluding carboxylic acids is 1. The summed E-state index contributed by atoms with van der Waals surface area (Å²) >= 11 is 5.34. The number of rotatable bonds is 3. The van der Waals surface area contributed by atoms with E-state index >= 15 is 0 Å². The van der Waals surface area contributed by atoms with Gasteiger partial charge in [-0.3, -0.25) is 4.79 Å². The van der Waals surface area contributed by atoms with Crippen LogP contribution in [0.5, 0.6) is 0 Å². The fourth-order valence-electron chi connectivity index (χ4n) is 2.20. The van der Waals surface area contributed by atoms with Crippen LogP contribution in [0.2, 0.25) is 0 Å². The quantitative estimate of drug-likeness (QED) is 0.549. The predicted molar refractivity (Wildman–Crippen MR) is 64.6 cm³/mol. The Balaban J connectivity index is 1.90. The molecule has 0 radical (unpaired) electrons. The summed E-state index contributed by atoms with van der Waals surface area (Å²) in [4.78, 5) is 13.8. The average Bonchev–Trinajstić information content (AvgIpc) is 2.70. The summed E-state index contributed by atoms with van der Waals surface area (Å²) in [5.74, 6) is -0.791. The van der Waals surface area contributed by atoms with E-state index in [9.17, 15) is 4.79 Å². The predicted octanol–water partition coefficient (Wildman–Crippen LogP) is 0.713. The Kier molecular flexibility index (Phi) is 3.38. The first kappa shape index (κ1) is 12.7. The fraction of sp³-hybridized carbons (Fsp3) is 0.818. The van der Waals surface area contributed by atoms with E-state index in [0.29, 0.717) is 19.5 Å². The molecule has 0 aromatic carbocycles. The molecular formula is C11H17NO4S. The van der Waals surface area contributed by atoms with Crippen LogP contribution in [-0.2, 0) is 19.0 Å². The van der Waals surface area contributed by atoms with E-state index in [2.05, 4.69) is 4.74 Å². The molecule has 2 aliphatic heterocycles. The molecule has 2 atom stereocenters. The van der Waals surface area contributed by atoms with E-state index in [4.69, 9.17) is 21.7 Å². The molecule has 5 nitrogen and oxygen atoms in total. The smallest absolute Gasteiger partial charge is 0.307 e. The second kappa shape index (κ2) is 4.51. The Morgan fingerprint density at radius 3 is 2.88 bits per heavy atom. The van der Waals surface area contributed by atoms with Crippen molar-refractivity contribution >= 4 is 23.2 Å². The van der Waals surface area contributed by atoms with Crippen molar-refractivity contribution in [1.82, 2.24) is 4.90 Å². The van der Waals surface area contributed by atoms with Crippen molar-refractivity contribution in [2.45, 2.75) is 38.3 Å². The summed E-state index contributed by atoms with van der Waals surface area (Å²) in [5, 5.41) is 0. The van der Waals surface area contributed by atoms with Crippen LogP contribution in [0, 0.1) is 0 Å². The van der Waals surface area contributed by atoms with Crippen LogP contribution in [0.25, 0.3) is 0 Å². The lowest BCUT2D eigenvalue weighted by Gasteiger charge is -2.24. The standard InChI is InChI=1S/C11H17NO4S/c1-11(2)15-7-6-12(5-4-8(13)14-3)10(17)9(7)16-11/h7,9H,4-6H2,1-3H3/t7-,9-/m1/s1. The summed E-state index contributed by atoms with van der Waals surface area (Å²) in [6.45, 7) is 5.01. The molecule has 0 N–H and O–H groups in total. The van der Waals surface area contributed by atoms with Gasteiger partial charge in [0.25, 0.3) is 0 Å². The minimum atomic E-state index is -0.562. The van der Waals surface area contributed by atoms with E-state index in [0.717, 1.165) is 4.99 Å². The number of esters is 1. The number of hydrogen-bond acceptors (Lipinski definition) is 5. The van der Waals surface area contributed by atoms with Gasteiger partial charge in [-0.1, -0.05) is 12.2 Å². The van der Waals surface area contributed by atoms with Gasteiger partial charge < -0.3 is 19.1 Å². The number of likely N-dealkylation sites (tertiary alicyclic amines) is 1. The number of ether oxygens (including phenoxy) is 3. The summed E-state index contributed by atoms with van der Waals surface area (Å²) in [6, 6.07) is 0. The number of fused-ring (bicyclic) bond motifs is 1. The van der Waals surface area contributed by atoms with Gasteiger partial charge in [0, 0.05) is 13.1 Å². The van der Waals surface area contributed by atoms with Gasteiger partial charge in [0.15, 0.2) is 5.79 Å². The van der Waals surface area contributed by atoms with Crippen LogP contribution >= 0.6 is 12.2 Å². The summed E-state index contributed by atoms with van der Waals surface area (Å²) in [5.41, 5.74) is 0. The van der Waals surface area contributed by atoms with Crippen molar-refractivity contribution < 1.29 is 19.0 Å². The third-order valence-electron chi connectivity index (χ3n) is 2.95. The highest BCUT2D eigenvalue weighted by atomic mass is 32.1. The molecule has 6 heteroatoms. The number of hydrogen-bond donors (Lipinski definition) is 0. The first-order valence-corrected chi connectivity index (χ1v) is 6.05. The lowest BCUT2D eigenvalue weighted by Crippen LogP contribution is -2.34. The minimum Gasteiger partial charge on any atom is -0.469 e. The third kappa shape index (κ3) is 2.59. The van der Waals surface area contributed by atoms with E-state index in [1.807, 2.05) is 18.7 Å². The Morgan fingerprint density at radius 1 is 1.59 bits per heavy atom. The molecule has 2 fully saturated rings. The van der Waals surface area contributed by atoms with Gasteiger partial charge in [0.2, 0.25) is 0 Å². The normalized spacial score (nSPS) is 30.5. The molecule has 0 aromatic rings.